The molecule has 3 nitrogen and oxygen atoms in total. The molecule has 0 amide bonds. The van der Waals surface area contributed by atoms with E-state index in [2.05, 4.69) is 70.5 Å². The van der Waals surface area contributed by atoms with Gasteiger partial charge in [0, 0.05) is 47.4 Å². The largest absolute Gasteiger partial charge is 0.512 e. The summed E-state index contributed by atoms with van der Waals surface area (Å²) in [4.78, 5) is 16.6. The summed E-state index contributed by atoms with van der Waals surface area (Å²) >= 11 is 0. The first kappa shape index (κ1) is 21.3. The van der Waals surface area contributed by atoms with Crippen LogP contribution in [-0.4, -0.2) is 15.9 Å². The molecule has 0 unspecified atom stereocenters. The van der Waals surface area contributed by atoms with Crippen molar-refractivity contribution < 1.29 is 9.90 Å². The SMILES string of the molecule is C=C(c1ccc(CC2=C(O)CCC2=O)cn1)c1cc2c(cc1C)C(C)(C)C=CC2(C)C. The Morgan fingerprint density at radius 3 is 2.26 bits per heavy atom. The molecular formula is C28H31NO2. The molecule has 1 heterocycles. The summed E-state index contributed by atoms with van der Waals surface area (Å²) in [5, 5.41) is 9.94. The number of pyridine rings is 1. The fraction of sp³-hybridized carbons (Fsp3) is 0.357. The number of aliphatic hydroxyl groups excluding tert-OH is 1. The molecule has 0 bridgehead atoms. The lowest BCUT2D eigenvalue weighted by Crippen LogP contribution is -2.29. The van der Waals surface area contributed by atoms with Crippen LogP contribution in [0, 0.1) is 6.92 Å². The van der Waals surface area contributed by atoms with Crippen LogP contribution < -0.4 is 0 Å². The number of nitrogens with zero attached hydrogens (tertiary/aromatic N) is 1. The van der Waals surface area contributed by atoms with E-state index in [9.17, 15) is 9.90 Å². The van der Waals surface area contributed by atoms with Crippen LogP contribution in [0.15, 0.2) is 60.5 Å². The molecule has 0 aliphatic heterocycles. The molecule has 4 rings (SSSR count). The minimum absolute atomic E-state index is 0.00723. The van der Waals surface area contributed by atoms with Crippen LogP contribution in [-0.2, 0) is 22.0 Å². The average molecular weight is 414 g/mol. The number of Topliss-reactive ketones (excluding diaryl/α,β-unsaturated/α-hetero) is 1. The Hall–Kier alpha value is -2.94. The first-order valence-corrected chi connectivity index (χ1v) is 10.9. The van der Waals surface area contributed by atoms with Crippen LogP contribution >= 0.6 is 0 Å². The Kier molecular flexibility index (Phi) is 5.04. The summed E-state index contributed by atoms with van der Waals surface area (Å²) in [7, 11) is 0. The number of ketones is 1. The minimum Gasteiger partial charge on any atom is -0.512 e. The lowest BCUT2D eigenvalue weighted by Gasteiger charge is -2.37. The lowest BCUT2D eigenvalue weighted by atomic mass is 9.67. The Morgan fingerprint density at radius 2 is 1.71 bits per heavy atom. The zero-order valence-corrected chi connectivity index (χ0v) is 19.2. The van der Waals surface area contributed by atoms with Crippen molar-refractivity contribution in [2.75, 3.05) is 0 Å². The standard InChI is InChI=1S/C28H31NO2/c1-17-13-22-23(28(5,6)12-11-27(22,3)4)15-20(17)18(2)24-8-7-19(16-29-24)14-21-25(30)9-10-26(21)31/h7-8,11-13,15-16,30H,2,9-10,14H2,1,3-6H3. The molecular weight excluding hydrogens is 382 g/mol. The number of hydrogen-bond acceptors (Lipinski definition) is 3. The van der Waals surface area contributed by atoms with Gasteiger partial charge in [0.25, 0.3) is 0 Å². The topological polar surface area (TPSA) is 50.2 Å². The van der Waals surface area contributed by atoms with Crippen LogP contribution in [0.3, 0.4) is 0 Å². The van der Waals surface area contributed by atoms with E-state index in [1.54, 1.807) is 6.20 Å². The molecule has 1 N–H and O–H groups in total. The van der Waals surface area contributed by atoms with E-state index in [0.717, 1.165) is 22.4 Å². The summed E-state index contributed by atoms with van der Waals surface area (Å²) in [5.41, 5.74) is 8.15. The maximum absolute atomic E-state index is 11.9. The number of rotatable bonds is 4. The molecule has 31 heavy (non-hydrogen) atoms. The van der Waals surface area contributed by atoms with Gasteiger partial charge in [0.2, 0.25) is 0 Å². The molecule has 2 aromatic rings. The van der Waals surface area contributed by atoms with Crippen molar-refractivity contribution in [3.8, 4) is 0 Å². The maximum Gasteiger partial charge on any atom is 0.162 e. The molecule has 0 fully saturated rings. The normalized spacial score (nSPS) is 18.9. The number of hydrogen-bond donors (Lipinski definition) is 1. The summed E-state index contributed by atoms with van der Waals surface area (Å²) < 4.78 is 0. The summed E-state index contributed by atoms with van der Waals surface area (Å²) in [6.07, 6.45) is 7.69. The molecule has 0 spiro atoms. The Balaban J connectivity index is 1.65. The number of fused-ring (bicyclic) bond motifs is 1. The number of aromatic nitrogens is 1. The van der Waals surface area contributed by atoms with E-state index in [1.807, 2.05) is 12.1 Å². The molecule has 2 aliphatic rings. The van der Waals surface area contributed by atoms with Gasteiger partial charge in [-0.15, -0.1) is 0 Å². The number of aliphatic hydroxyl groups is 1. The second-order valence-corrected chi connectivity index (χ2v) is 10.0. The second-order valence-electron chi connectivity index (χ2n) is 10.0. The average Bonchev–Trinajstić information content (AvgIpc) is 3.03. The second kappa shape index (κ2) is 7.33. The number of benzene rings is 1. The number of carbonyl (C=O) groups excluding carboxylic acids is 1. The van der Waals surface area contributed by atoms with Crippen molar-refractivity contribution >= 4 is 11.4 Å². The zero-order valence-electron chi connectivity index (χ0n) is 19.2. The van der Waals surface area contributed by atoms with Gasteiger partial charge in [-0.05, 0) is 46.9 Å². The highest BCUT2D eigenvalue weighted by molar-refractivity contribution is 5.98. The lowest BCUT2D eigenvalue weighted by molar-refractivity contribution is -0.115. The zero-order chi connectivity index (χ0) is 22.6. The van der Waals surface area contributed by atoms with Gasteiger partial charge in [-0.1, -0.05) is 58.6 Å². The van der Waals surface area contributed by atoms with Crippen molar-refractivity contribution in [3.63, 3.8) is 0 Å². The first-order valence-electron chi connectivity index (χ1n) is 10.9. The van der Waals surface area contributed by atoms with Gasteiger partial charge in [0.05, 0.1) is 11.5 Å². The molecule has 0 saturated carbocycles. The van der Waals surface area contributed by atoms with Crippen LogP contribution in [0.4, 0.5) is 0 Å². The van der Waals surface area contributed by atoms with Gasteiger partial charge in [0.1, 0.15) is 0 Å². The smallest absolute Gasteiger partial charge is 0.162 e. The van der Waals surface area contributed by atoms with E-state index in [0.29, 0.717) is 24.8 Å². The maximum atomic E-state index is 11.9. The van der Waals surface area contributed by atoms with Gasteiger partial charge >= 0.3 is 0 Å². The molecule has 2 aliphatic carbocycles. The molecule has 3 heteroatoms. The van der Waals surface area contributed by atoms with E-state index in [-0.39, 0.29) is 22.4 Å². The van der Waals surface area contributed by atoms with Crippen LogP contribution in [0.2, 0.25) is 0 Å². The van der Waals surface area contributed by atoms with Crippen LogP contribution in [0.1, 0.15) is 74.0 Å². The van der Waals surface area contributed by atoms with Gasteiger partial charge in [-0.3, -0.25) is 9.78 Å². The molecule has 0 saturated heterocycles. The Morgan fingerprint density at radius 1 is 1.06 bits per heavy atom. The van der Waals surface area contributed by atoms with Crippen molar-refractivity contribution in [1.29, 1.82) is 0 Å². The van der Waals surface area contributed by atoms with Crippen molar-refractivity contribution in [3.05, 3.63) is 94.0 Å². The number of carbonyl (C=O) groups is 1. The highest BCUT2D eigenvalue weighted by Crippen LogP contribution is 2.43. The monoisotopic (exact) mass is 413 g/mol. The first-order chi connectivity index (χ1) is 14.5. The molecule has 0 radical (unpaired) electrons. The van der Waals surface area contributed by atoms with Gasteiger partial charge in [0.15, 0.2) is 5.78 Å². The predicted molar refractivity (Wildman–Crippen MR) is 126 cm³/mol. The van der Waals surface area contributed by atoms with Gasteiger partial charge in [-0.25, -0.2) is 0 Å². The third-order valence-electron chi connectivity index (χ3n) is 6.78. The van der Waals surface area contributed by atoms with E-state index >= 15 is 0 Å². The van der Waals surface area contributed by atoms with E-state index in [1.165, 1.54) is 16.7 Å². The van der Waals surface area contributed by atoms with Gasteiger partial charge < -0.3 is 5.11 Å². The summed E-state index contributed by atoms with van der Waals surface area (Å²) in [5.74, 6) is 0.262. The van der Waals surface area contributed by atoms with Crippen LogP contribution in [0.25, 0.3) is 5.57 Å². The molecule has 160 valence electrons. The van der Waals surface area contributed by atoms with Gasteiger partial charge in [-0.2, -0.15) is 0 Å². The fourth-order valence-electron chi connectivity index (χ4n) is 4.64. The van der Waals surface area contributed by atoms with Crippen molar-refractivity contribution in [2.24, 2.45) is 0 Å². The molecule has 1 aromatic carbocycles. The Labute approximate surface area is 185 Å². The van der Waals surface area contributed by atoms with E-state index < -0.39 is 0 Å². The number of aryl methyl sites for hydroxylation is 1. The van der Waals surface area contributed by atoms with Crippen molar-refractivity contribution in [1.82, 2.24) is 4.98 Å². The summed E-state index contributed by atoms with van der Waals surface area (Å²) in [6, 6.07) is 8.52. The highest BCUT2D eigenvalue weighted by Gasteiger charge is 2.33. The summed E-state index contributed by atoms with van der Waals surface area (Å²) in [6.45, 7) is 15.5. The Bertz CT molecular complexity index is 1140. The van der Waals surface area contributed by atoms with E-state index in [4.69, 9.17) is 0 Å². The third kappa shape index (κ3) is 3.78. The fourth-order valence-corrected chi connectivity index (χ4v) is 4.64. The predicted octanol–water partition coefficient (Wildman–Crippen LogP) is 6.29. The van der Waals surface area contributed by atoms with Crippen molar-refractivity contribution in [2.45, 2.75) is 64.7 Å². The minimum atomic E-state index is -0.0333. The quantitative estimate of drug-likeness (QED) is 0.599. The number of allylic oxidation sites excluding steroid dienone is 4. The third-order valence-corrected chi connectivity index (χ3v) is 6.78. The van der Waals surface area contributed by atoms with Crippen LogP contribution in [0.5, 0.6) is 0 Å². The highest BCUT2D eigenvalue weighted by atomic mass is 16.3. The molecule has 1 aromatic heterocycles. The molecule has 0 atom stereocenters.